The van der Waals surface area contributed by atoms with Gasteiger partial charge in [0.2, 0.25) is 0 Å². The van der Waals surface area contributed by atoms with Gasteiger partial charge in [0.1, 0.15) is 0 Å². The largest absolute Gasteiger partial charge is 0.352 e. The Hall–Kier alpha value is -1.67. The standard InChI is InChI=1S/C10H13BrN4O3/c11-9-7(2-1-3-8(9)15(17)18)6-13-4-5-14-10(12)16/h1-3,13H,4-6H2,(H3,12,14,16). The highest BCUT2D eigenvalue weighted by Crippen LogP contribution is 2.27. The number of carbonyl (C=O) groups excluding carboxylic acids is 1. The lowest BCUT2D eigenvalue weighted by Gasteiger charge is -2.07. The van der Waals surface area contributed by atoms with Crippen molar-refractivity contribution in [1.29, 1.82) is 0 Å². The highest BCUT2D eigenvalue weighted by atomic mass is 79.9. The Morgan fingerprint density at radius 3 is 2.78 bits per heavy atom. The van der Waals surface area contributed by atoms with Crippen LogP contribution in [0.2, 0.25) is 0 Å². The van der Waals surface area contributed by atoms with E-state index < -0.39 is 11.0 Å². The van der Waals surface area contributed by atoms with Crippen LogP contribution < -0.4 is 16.4 Å². The molecule has 0 aliphatic heterocycles. The molecule has 0 heterocycles. The molecular weight excluding hydrogens is 304 g/mol. The molecule has 0 atom stereocenters. The molecule has 18 heavy (non-hydrogen) atoms. The second-order valence-corrected chi connectivity index (χ2v) is 4.27. The molecule has 0 bridgehead atoms. The summed E-state index contributed by atoms with van der Waals surface area (Å²) in [7, 11) is 0. The van der Waals surface area contributed by atoms with Crippen LogP contribution in [0.25, 0.3) is 0 Å². The highest BCUT2D eigenvalue weighted by molar-refractivity contribution is 9.10. The number of carbonyl (C=O) groups is 1. The molecule has 1 aromatic rings. The SMILES string of the molecule is NC(=O)NCCNCc1cccc([N+](=O)[O-])c1Br. The van der Waals surface area contributed by atoms with Gasteiger partial charge in [-0.05, 0) is 21.5 Å². The van der Waals surface area contributed by atoms with E-state index in [0.29, 0.717) is 24.1 Å². The van der Waals surface area contributed by atoms with Crippen molar-refractivity contribution in [3.8, 4) is 0 Å². The lowest BCUT2D eigenvalue weighted by molar-refractivity contribution is -0.385. The fourth-order valence-corrected chi connectivity index (χ4v) is 1.89. The number of benzene rings is 1. The van der Waals surface area contributed by atoms with Crippen LogP contribution in [0.5, 0.6) is 0 Å². The van der Waals surface area contributed by atoms with Crippen LogP contribution in [0, 0.1) is 10.1 Å². The molecule has 2 amide bonds. The summed E-state index contributed by atoms with van der Waals surface area (Å²) in [6.07, 6.45) is 0. The molecule has 0 aliphatic carbocycles. The normalized spacial score (nSPS) is 10.1. The summed E-state index contributed by atoms with van der Waals surface area (Å²) in [5.41, 5.74) is 5.72. The summed E-state index contributed by atoms with van der Waals surface area (Å²) in [6.45, 7) is 1.39. The summed E-state index contributed by atoms with van der Waals surface area (Å²) in [6, 6.07) is 4.27. The van der Waals surface area contributed by atoms with E-state index in [4.69, 9.17) is 5.73 Å². The number of rotatable bonds is 6. The first kappa shape index (κ1) is 14.4. The quantitative estimate of drug-likeness (QED) is 0.415. The first-order chi connectivity index (χ1) is 8.52. The fraction of sp³-hybridized carbons (Fsp3) is 0.300. The van der Waals surface area contributed by atoms with Crippen molar-refractivity contribution in [2.75, 3.05) is 13.1 Å². The van der Waals surface area contributed by atoms with Crippen molar-refractivity contribution in [3.63, 3.8) is 0 Å². The van der Waals surface area contributed by atoms with Gasteiger partial charge in [-0.3, -0.25) is 10.1 Å². The molecule has 0 unspecified atom stereocenters. The number of halogens is 1. The summed E-state index contributed by atoms with van der Waals surface area (Å²) < 4.78 is 0.463. The second kappa shape index (κ2) is 6.92. The van der Waals surface area contributed by atoms with Gasteiger partial charge in [-0.25, -0.2) is 4.79 Å². The summed E-state index contributed by atoms with van der Waals surface area (Å²) in [5, 5.41) is 16.2. The minimum absolute atomic E-state index is 0.0320. The Bertz CT molecular complexity index is 453. The summed E-state index contributed by atoms with van der Waals surface area (Å²) in [5.74, 6) is 0. The number of nitro groups is 1. The number of urea groups is 1. The van der Waals surface area contributed by atoms with Gasteiger partial charge >= 0.3 is 6.03 Å². The lowest BCUT2D eigenvalue weighted by Crippen LogP contribution is -2.35. The van der Waals surface area contributed by atoms with E-state index in [1.807, 2.05) is 0 Å². The van der Waals surface area contributed by atoms with Gasteiger partial charge in [0, 0.05) is 25.7 Å². The molecule has 7 nitrogen and oxygen atoms in total. The molecule has 8 heteroatoms. The smallest absolute Gasteiger partial charge is 0.312 e. The van der Waals surface area contributed by atoms with Crippen molar-refractivity contribution in [1.82, 2.24) is 10.6 Å². The molecule has 98 valence electrons. The van der Waals surface area contributed by atoms with Crippen molar-refractivity contribution in [2.24, 2.45) is 5.73 Å². The van der Waals surface area contributed by atoms with Gasteiger partial charge in [-0.1, -0.05) is 12.1 Å². The van der Waals surface area contributed by atoms with E-state index in [2.05, 4.69) is 26.6 Å². The Labute approximate surface area is 112 Å². The summed E-state index contributed by atoms with van der Waals surface area (Å²) >= 11 is 3.20. The van der Waals surface area contributed by atoms with Crippen molar-refractivity contribution in [3.05, 3.63) is 38.3 Å². The van der Waals surface area contributed by atoms with Crippen LogP contribution in [0.4, 0.5) is 10.5 Å². The van der Waals surface area contributed by atoms with Crippen molar-refractivity contribution in [2.45, 2.75) is 6.54 Å². The third kappa shape index (κ3) is 4.30. The maximum absolute atomic E-state index is 10.7. The van der Waals surface area contributed by atoms with Gasteiger partial charge in [0.25, 0.3) is 5.69 Å². The number of amides is 2. The molecule has 0 radical (unpaired) electrons. The third-order valence-electron chi connectivity index (χ3n) is 2.17. The van der Waals surface area contributed by atoms with Crippen LogP contribution in [0.1, 0.15) is 5.56 Å². The minimum atomic E-state index is -0.576. The van der Waals surface area contributed by atoms with Crippen LogP contribution >= 0.6 is 15.9 Å². The number of nitrogens with zero attached hydrogens (tertiary/aromatic N) is 1. The number of hydrogen-bond donors (Lipinski definition) is 3. The van der Waals surface area contributed by atoms with Gasteiger partial charge in [0.05, 0.1) is 9.40 Å². The Kier molecular flexibility index (Phi) is 5.53. The number of primary amides is 1. The molecular formula is C10H13BrN4O3. The Balaban J connectivity index is 2.50. The molecule has 4 N–H and O–H groups in total. The number of hydrogen-bond acceptors (Lipinski definition) is 4. The predicted octanol–water partition coefficient (Wildman–Crippen LogP) is 1.12. The van der Waals surface area contributed by atoms with Crippen LogP contribution in [-0.2, 0) is 6.54 Å². The van der Waals surface area contributed by atoms with Crippen LogP contribution in [-0.4, -0.2) is 24.0 Å². The maximum Gasteiger partial charge on any atom is 0.312 e. The zero-order valence-electron chi connectivity index (χ0n) is 9.48. The molecule has 0 saturated heterocycles. The van der Waals surface area contributed by atoms with Gasteiger partial charge in [-0.15, -0.1) is 0 Å². The van der Waals surface area contributed by atoms with E-state index in [1.165, 1.54) is 6.07 Å². The van der Waals surface area contributed by atoms with Crippen LogP contribution in [0.15, 0.2) is 22.7 Å². The average molecular weight is 317 g/mol. The number of nitrogens with two attached hydrogens (primary N) is 1. The van der Waals surface area contributed by atoms with Gasteiger partial charge < -0.3 is 16.4 Å². The number of nitrogens with one attached hydrogen (secondary N) is 2. The van der Waals surface area contributed by atoms with Crippen LogP contribution in [0.3, 0.4) is 0 Å². The lowest BCUT2D eigenvalue weighted by atomic mass is 10.2. The molecule has 0 aliphatic rings. The van der Waals surface area contributed by atoms with Gasteiger partial charge in [-0.2, -0.15) is 0 Å². The summed E-state index contributed by atoms with van der Waals surface area (Å²) in [4.78, 5) is 20.7. The zero-order valence-corrected chi connectivity index (χ0v) is 11.1. The number of nitro benzene ring substituents is 1. The van der Waals surface area contributed by atoms with Gasteiger partial charge in [0.15, 0.2) is 0 Å². The van der Waals surface area contributed by atoms with E-state index in [-0.39, 0.29) is 5.69 Å². The third-order valence-corrected chi connectivity index (χ3v) is 3.09. The Morgan fingerprint density at radius 1 is 1.44 bits per heavy atom. The highest BCUT2D eigenvalue weighted by Gasteiger charge is 2.14. The molecule has 0 aromatic heterocycles. The average Bonchev–Trinajstić information content (AvgIpc) is 2.30. The fourth-order valence-electron chi connectivity index (χ4n) is 1.34. The monoisotopic (exact) mass is 316 g/mol. The second-order valence-electron chi connectivity index (χ2n) is 3.48. The molecule has 0 fully saturated rings. The molecule has 0 saturated carbocycles. The zero-order chi connectivity index (χ0) is 13.5. The topological polar surface area (TPSA) is 110 Å². The molecule has 1 aromatic carbocycles. The van der Waals surface area contributed by atoms with E-state index in [9.17, 15) is 14.9 Å². The molecule has 0 spiro atoms. The first-order valence-electron chi connectivity index (χ1n) is 5.18. The predicted molar refractivity (Wildman–Crippen MR) is 70.1 cm³/mol. The molecule has 1 rings (SSSR count). The Morgan fingerprint density at radius 2 is 2.17 bits per heavy atom. The maximum atomic E-state index is 10.7. The minimum Gasteiger partial charge on any atom is -0.352 e. The van der Waals surface area contributed by atoms with E-state index in [0.717, 1.165) is 5.56 Å². The first-order valence-corrected chi connectivity index (χ1v) is 5.97. The van der Waals surface area contributed by atoms with E-state index >= 15 is 0 Å². The van der Waals surface area contributed by atoms with Crippen molar-refractivity contribution >= 4 is 27.6 Å². The van der Waals surface area contributed by atoms with Crippen molar-refractivity contribution < 1.29 is 9.72 Å². The van der Waals surface area contributed by atoms with E-state index in [1.54, 1.807) is 12.1 Å².